The first-order chi connectivity index (χ1) is 10.2. The molecule has 2 rings (SSSR count). The van der Waals surface area contributed by atoms with E-state index >= 15 is 0 Å². The maximum atomic E-state index is 12.2. The van der Waals surface area contributed by atoms with Crippen LogP contribution >= 0.6 is 0 Å². The predicted molar refractivity (Wildman–Crippen MR) is 73.4 cm³/mol. The van der Waals surface area contributed by atoms with Crippen molar-refractivity contribution in [2.75, 3.05) is 40.6 Å². The molecule has 0 aromatic carbocycles. The fraction of sp³-hybridized carbons (Fsp3) is 0.733. The Labute approximate surface area is 124 Å². The minimum Gasteiger partial charge on any atom is -0.463 e. The van der Waals surface area contributed by atoms with Gasteiger partial charge in [0.2, 0.25) is 0 Å². The lowest BCUT2D eigenvalue weighted by Crippen LogP contribution is -2.36. The van der Waals surface area contributed by atoms with Crippen LogP contribution in [0.2, 0.25) is 0 Å². The highest BCUT2D eigenvalue weighted by Crippen LogP contribution is 2.48. The Morgan fingerprint density at radius 2 is 1.29 bits per heavy atom. The van der Waals surface area contributed by atoms with Gasteiger partial charge in [-0.1, -0.05) is 12.2 Å². The van der Waals surface area contributed by atoms with Crippen molar-refractivity contribution in [2.45, 2.75) is 6.42 Å². The van der Waals surface area contributed by atoms with Crippen LogP contribution in [0.15, 0.2) is 12.2 Å². The average molecular weight is 298 g/mol. The largest absolute Gasteiger partial charge is 0.463 e. The van der Waals surface area contributed by atoms with Crippen LogP contribution < -0.4 is 0 Å². The zero-order valence-corrected chi connectivity index (χ0v) is 12.4. The van der Waals surface area contributed by atoms with Crippen LogP contribution in [-0.2, 0) is 28.5 Å². The van der Waals surface area contributed by atoms with Crippen molar-refractivity contribution >= 4 is 11.9 Å². The van der Waals surface area contributed by atoms with Crippen molar-refractivity contribution in [1.29, 1.82) is 0 Å². The van der Waals surface area contributed by atoms with Crippen LogP contribution in [-0.4, -0.2) is 52.6 Å². The normalized spacial score (nSPS) is 29.6. The van der Waals surface area contributed by atoms with Gasteiger partial charge in [0.1, 0.15) is 13.2 Å². The molecule has 118 valence electrons. The zero-order valence-electron chi connectivity index (χ0n) is 12.4. The molecule has 0 aromatic heterocycles. The maximum absolute atomic E-state index is 12.2. The van der Waals surface area contributed by atoms with Gasteiger partial charge in [-0.2, -0.15) is 0 Å². The van der Waals surface area contributed by atoms with Gasteiger partial charge >= 0.3 is 11.9 Å². The second kappa shape index (κ2) is 7.56. The first kappa shape index (κ1) is 16.0. The van der Waals surface area contributed by atoms with Gasteiger partial charge in [0, 0.05) is 14.2 Å². The van der Waals surface area contributed by atoms with E-state index in [2.05, 4.69) is 0 Å². The van der Waals surface area contributed by atoms with Crippen molar-refractivity contribution in [3.05, 3.63) is 12.2 Å². The molecule has 6 heteroatoms. The van der Waals surface area contributed by atoms with E-state index in [1.54, 1.807) is 14.2 Å². The molecule has 0 spiro atoms. The molecular formula is C15H22O6. The minimum atomic E-state index is -0.438. The number of methoxy groups -OCH3 is 2. The summed E-state index contributed by atoms with van der Waals surface area (Å²) in [5.41, 5.74) is 0. The number of allylic oxidation sites excluding steroid dienone is 2. The zero-order chi connectivity index (χ0) is 15.2. The first-order valence-electron chi connectivity index (χ1n) is 7.18. The lowest BCUT2D eigenvalue weighted by Gasteiger charge is -2.24. The number of carbonyl (C=O) groups is 2. The summed E-state index contributed by atoms with van der Waals surface area (Å²) in [7, 11) is 3.09. The molecule has 2 aliphatic rings. The van der Waals surface area contributed by atoms with Gasteiger partial charge in [-0.05, 0) is 18.3 Å². The van der Waals surface area contributed by atoms with E-state index in [9.17, 15) is 9.59 Å². The molecule has 0 heterocycles. The Bertz CT molecular complexity index is 369. The molecule has 21 heavy (non-hydrogen) atoms. The highest BCUT2D eigenvalue weighted by atomic mass is 16.6. The van der Waals surface area contributed by atoms with Crippen LogP contribution in [0.3, 0.4) is 0 Å². The molecule has 1 saturated carbocycles. The summed E-state index contributed by atoms with van der Waals surface area (Å²) in [6.45, 7) is 1.12. The summed E-state index contributed by atoms with van der Waals surface area (Å²) in [6, 6.07) is 0. The number of esters is 2. The summed E-state index contributed by atoms with van der Waals surface area (Å²) in [4.78, 5) is 24.4. The lowest BCUT2D eigenvalue weighted by molar-refractivity contribution is -0.162. The van der Waals surface area contributed by atoms with Gasteiger partial charge in [-0.25, -0.2) is 0 Å². The van der Waals surface area contributed by atoms with Gasteiger partial charge < -0.3 is 18.9 Å². The molecule has 0 saturated heterocycles. The third-order valence-corrected chi connectivity index (χ3v) is 4.07. The Morgan fingerprint density at radius 1 is 0.857 bits per heavy atom. The van der Waals surface area contributed by atoms with Crippen LogP contribution in [0.25, 0.3) is 0 Å². The Balaban J connectivity index is 1.95. The summed E-state index contributed by atoms with van der Waals surface area (Å²) in [5.74, 6) is -1.40. The second-order valence-electron chi connectivity index (χ2n) is 5.32. The fourth-order valence-electron chi connectivity index (χ4n) is 3.11. The summed E-state index contributed by atoms with van der Waals surface area (Å²) < 4.78 is 20.1. The molecule has 2 bridgehead atoms. The van der Waals surface area contributed by atoms with Crippen molar-refractivity contribution in [2.24, 2.45) is 23.7 Å². The number of ether oxygens (including phenoxy) is 4. The van der Waals surface area contributed by atoms with Gasteiger partial charge in [-0.15, -0.1) is 0 Å². The molecule has 4 atom stereocenters. The lowest BCUT2D eigenvalue weighted by atomic mass is 9.83. The van der Waals surface area contributed by atoms with Gasteiger partial charge in [0.15, 0.2) is 0 Å². The number of hydrogen-bond donors (Lipinski definition) is 0. The summed E-state index contributed by atoms with van der Waals surface area (Å²) in [6.07, 6.45) is 4.83. The van der Waals surface area contributed by atoms with Gasteiger partial charge in [0.05, 0.1) is 25.0 Å². The Kier molecular flexibility index (Phi) is 5.76. The van der Waals surface area contributed by atoms with E-state index in [0.29, 0.717) is 13.2 Å². The van der Waals surface area contributed by atoms with Crippen LogP contribution in [0.4, 0.5) is 0 Å². The average Bonchev–Trinajstić information content (AvgIpc) is 3.08. The van der Waals surface area contributed by atoms with E-state index in [1.165, 1.54) is 0 Å². The Morgan fingerprint density at radius 3 is 1.67 bits per heavy atom. The van der Waals surface area contributed by atoms with Crippen molar-refractivity contribution in [1.82, 2.24) is 0 Å². The molecule has 2 aliphatic carbocycles. The van der Waals surface area contributed by atoms with Crippen LogP contribution in [0, 0.1) is 23.7 Å². The highest BCUT2D eigenvalue weighted by molar-refractivity contribution is 5.84. The molecule has 0 aliphatic heterocycles. The Hall–Kier alpha value is -1.40. The molecule has 1 fully saturated rings. The van der Waals surface area contributed by atoms with Crippen LogP contribution in [0.1, 0.15) is 6.42 Å². The molecule has 0 amide bonds. The maximum Gasteiger partial charge on any atom is 0.310 e. The van der Waals surface area contributed by atoms with E-state index < -0.39 is 11.8 Å². The van der Waals surface area contributed by atoms with Gasteiger partial charge in [0.25, 0.3) is 0 Å². The topological polar surface area (TPSA) is 71.1 Å². The van der Waals surface area contributed by atoms with Gasteiger partial charge in [-0.3, -0.25) is 9.59 Å². The predicted octanol–water partition coefficient (Wildman–Crippen LogP) is 0.804. The van der Waals surface area contributed by atoms with E-state index in [4.69, 9.17) is 18.9 Å². The minimum absolute atomic E-state index is 0.0741. The first-order valence-corrected chi connectivity index (χ1v) is 7.18. The number of hydrogen-bond acceptors (Lipinski definition) is 6. The molecular weight excluding hydrogens is 276 g/mol. The number of rotatable bonds is 8. The molecule has 0 radical (unpaired) electrons. The van der Waals surface area contributed by atoms with E-state index in [1.807, 2.05) is 12.2 Å². The third kappa shape index (κ3) is 3.63. The fourth-order valence-corrected chi connectivity index (χ4v) is 3.11. The highest BCUT2D eigenvalue weighted by Gasteiger charge is 2.53. The number of carbonyl (C=O) groups excluding carboxylic acids is 2. The van der Waals surface area contributed by atoms with Crippen molar-refractivity contribution < 1.29 is 28.5 Å². The van der Waals surface area contributed by atoms with E-state index in [0.717, 1.165) is 6.42 Å². The number of fused-ring (bicyclic) bond motifs is 2. The molecule has 0 aromatic rings. The standard InChI is InChI=1S/C15H22O6/c1-18-5-7-20-14(16)12-10-3-4-11(9-10)13(12)15(17)21-8-6-19-2/h3-4,10-13H,5-9H2,1-2H3/t10-,11+,12+,13-. The second-order valence-corrected chi connectivity index (χ2v) is 5.32. The van der Waals surface area contributed by atoms with Crippen molar-refractivity contribution in [3.8, 4) is 0 Å². The molecule has 0 unspecified atom stereocenters. The quantitative estimate of drug-likeness (QED) is 0.375. The summed E-state index contributed by atoms with van der Waals surface area (Å²) >= 11 is 0. The summed E-state index contributed by atoms with van der Waals surface area (Å²) in [5, 5.41) is 0. The SMILES string of the molecule is COCCOC(=O)[C@@H]1[C@H](C(=O)OCCOC)[C@H]2C=C[C@@H]1C2. The third-order valence-electron chi connectivity index (χ3n) is 4.07. The molecule has 6 nitrogen and oxygen atoms in total. The smallest absolute Gasteiger partial charge is 0.310 e. The van der Waals surface area contributed by atoms with Crippen LogP contribution in [0.5, 0.6) is 0 Å². The van der Waals surface area contributed by atoms with E-state index in [-0.39, 0.29) is 37.0 Å². The van der Waals surface area contributed by atoms with Crippen molar-refractivity contribution in [3.63, 3.8) is 0 Å². The monoisotopic (exact) mass is 298 g/mol. The molecule has 0 N–H and O–H groups in total.